The molecule has 0 bridgehead atoms. The Balaban J connectivity index is -0.00000000179. The third kappa shape index (κ3) is 909. The standard InChI is InChI=1S/3CH4.22Na.2H2O4S.20H2O/c;;;;;;;;;;;;;;;;;;;;;;;;;2*1-5(2,3)4;;;;;;;;;;;;;;;;;;;;/h3*1H4;;;;;;;;;;;;;;;;;;;;;;;2*(H2,1,2,3,4);20*1H2/q;;;;;;;;;;;;;;;;;;;;;;;;+1;;;;;;;;;;;;;;;;;;;;;;/p-1. The first-order chi connectivity index (χ1) is 14.0. The van der Waals surface area contributed by atoms with Gasteiger partial charge in [-0.05, 0) is 0 Å². The van der Waals surface area contributed by atoms with E-state index in [4.69, 9.17) is 35.0 Å². The normalized spacial score (nSPS) is 3.56. The van der Waals surface area contributed by atoms with Gasteiger partial charge in [-0.3, -0.25) is 13.7 Å². The summed E-state index contributed by atoms with van der Waals surface area (Å²) in [6, 6.07) is 0. The van der Waals surface area contributed by atoms with Gasteiger partial charge in [-0.15, -0.1) is 0 Å². The van der Waals surface area contributed by atoms with Gasteiger partial charge in [0.15, 0.2) is 0 Å². The van der Waals surface area contributed by atoms with E-state index in [1.165, 1.54) is 436 Å². The molecule has 0 amide bonds. The average Bonchev–Trinajstić information content (AvgIpc) is 2.79. The third-order valence-electron chi connectivity index (χ3n) is 0. The Kier molecular flexibility index (Phi) is 1930. The Hall–Kier alpha value is 20.9. The van der Waals surface area contributed by atoms with Crippen molar-refractivity contribution in [3.8, 4) is 0 Å². The van der Waals surface area contributed by atoms with Crippen LogP contribution in [0.4, 0.5) is 0 Å². The molecule has 28 nitrogen and oxygen atoms in total. The van der Waals surface area contributed by atoms with E-state index in [9.17, 15) is 0 Å². The van der Waals surface area contributed by atoms with Crippen molar-refractivity contribution in [2.24, 2.45) is 0 Å². The summed E-state index contributed by atoms with van der Waals surface area (Å²) in [6.45, 7) is 0. The summed E-state index contributed by atoms with van der Waals surface area (Å²) >= 11 is 28.9. The van der Waals surface area contributed by atoms with Gasteiger partial charge in [-0.2, -0.15) is 8.42 Å². The van der Waals surface area contributed by atoms with Crippen molar-refractivity contribution in [2.45, 2.75) is 22.3 Å². The summed E-state index contributed by atoms with van der Waals surface area (Å²) in [4.78, 5) is 0. The summed E-state index contributed by atoms with van der Waals surface area (Å²) < 4.78 is 64.4. The molecule has 43 N–H and O–H groups in total. The molecule has 0 spiro atoms. The zero-order chi connectivity index (χ0) is 29.0. The molecule has 0 unspecified atom stereocenters. The molecule has 0 fully saturated rings. The fourth-order valence-corrected chi connectivity index (χ4v) is 0. The van der Waals surface area contributed by atoms with Crippen LogP contribution in [0.2, 0.25) is 0 Å². The quantitative estimate of drug-likeness (QED) is 0.119. The van der Waals surface area contributed by atoms with Gasteiger partial charge in [0.05, 0.1) is 0 Å². The number of hydrogen-bond acceptors (Lipinski definition) is 5. The van der Waals surface area contributed by atoms with E-state index in [0.717, 1.165) is 0 Å². The van der Waals surface area contributed by atoms with E-state index in [1.807, 2.05) is 0 Å². The van der Waals surface area contributed by atoms with Gasteiger partial charge in [-0.1, -0.05) is 22.3 Å². The first-order valence-corrected chi connectivity index (χ1v) is 94.1. The number of rotatable bonds is 0. The van der Waals surface area contributed by atoms with Crippen LogP contribution in [-0.4, -0.2) is 610 Å². The van der Waals surface area contributed by atoms with Crippen LogP contribution in [0.3, 0.4) is 0 Å². The third-order valence-corrected chi connectivity index (χ3v) is 0. The van der Waals surface area contributed by atoms with Crippen molar-refractivity contribution in [2.75, 3.05) is 0 Å². The van der Waals surface area contributed by atoms with Crippen molar-refractivity contribution in [1.29, 1.82) is 0 Å². The molecule has 0 rings (SSSR count). The molecule has 1 radical (unpaired) electrons. The predicted molar refractivity (Wildman–Crippen MR) is 240 cm³/mol. The number of hydrogen-bond donors (Lipinski definition) is 3. The SMILES string of the molecule is C.C.C.O.O.O.O.O.O.O.O.O.O.O.O.O.O.O.O.O.O.O.O.O=S(=O)(O)O.O=S(=O)([O-])O.[Na+].[Na].[Na][Na].[Na][Na].[Na][Na].[Na][Na].[Na][Na].[Na][Na].[Na][Na].[Na][Na].[Na][Na].[Na][Na]. The fourth-order valence-electron chi connectivity index (χ4n) is 0. The zero-order valence-corrected chi connectivity index (χ0v) is 81.8. The van der Waals surface area contributed by atoms with Gasteiger partial charge in [0.2, 0.25) is 10.4 Å². The Bertz CT molecular complexity index is 275. The molecule has 0 aliphatic rings. The van der Waals surface area contributed by atoms with E-state index in [-0.39, 0.29) is 191 Å². The predicted octanol–water partition coefficient (Wildman–Crippen LogP) is -27.2. The Morgan fingerprint density at radius 2 is 0.273 bits per heavy atom. The second kappa shape index (κ2) is 378. The van der Waals surface area contributed by atoms with Crippen LogP contribution in [0, 0.1) is 0 Å². The fraction of sp³-hybridized carbons (Fsp3) is 1.00. The first-order valence-electron chi connectivity index (χ1n) is 11.4. The summed E-state index contributed by atoms with van der Waals surface area (Å²) in [5, 5.41) is 0. The molecule has 0 aliphatic carbocycles. The molecule has 0 atom stereocenters. The molecule has 0 saturated heterocycles. The minimum atomic E-state index is -4.92. The monoisotopic (exact) mass is 1110 g/mol. The van der Waals surface area contributed by atoms with E-state index >= 15 is 0 Å². The van der Waals surface area contributed by atoms with E-state index in [0.29, 0.717) is 0 Å². The summed E-state index contributed by atoms with van der Waals surface area (Å²) in [6.07, 6.45) is 0. The Labute approximate surface area is 658 Å². The maximum atomic E-state index is 8.74. The van der Waals surface area contributed by atoms with Gasteiger partial charge < -0.3 is 114 Å². The second-order valence-corrected chi connectivity index (χ2v) is 2.63. The van der Waals surface area contributed by atoms with Crippen LogP contribution >= 0.6 is 0 Å². The van der Waals surface area contributed by atoms with Crippen molar-refractivity contribution in [3.05, 3.63) is 0 Å². The average molecular weight is 1110 g/mol. The van der Waals surface area contributed by atoms with Gasteiger partial charge >= 0.3 is 476 Å². The van der Waals surface area contributed by atoms with Crippen LogP contribution in [0.5, 0.6) is 0 Å². The van der Waals surface area contributed by atoms with Gasteiger partial charge in [0, 0.05) is 29.6 Å². The molecule has 55 heavy (non-hydrogen) atoms. The molecule has 0 aromatic rings. The van der Waals surface area contributed by atoms with Crippen LogP contribution < -0.4 is 29.6 Å². The minimum absolute atomic E-state index is 0. The Morgan fingerprint density at radius 3 is 0.273 bits per heavy atom. The summed E-state index contributed by atoms with van der Waals surface area (Å²) in [5.41, 5.74) is 0. The topological polar surface area (TPSA) is 782 Å². The van der Waals surface area contributed by atoms with Crippen molar-refractivity contribution in [1.82, 2.24) is 0 Å². The van der Waals surface area contributed by atoms with E-state index < -0.39 is 20.8 Å². The molecule has 0 aromatic carbocycles. The van der Waals surface area contributed by atoms with Gasteiger partial charge in [-0.25, -0.2) is 8.42 Å². The van der Waals surface area contributed by atoms with Crippen LogP contribution in [0.25, 0.3) is 0 Å². The molecule has 0 aromatic heterocycles. The molecular formula is C3H55Na22O28S2. The Morgan fingerprint density at radius 1 is 0.273 bits per heavy atom. The first kappa shape index (κ1) is 281. The van der Waals surface area contributed by atoms with Crippen molar-refractivity contribution >= 4 is 487 Å². The van der Waals surface area contributed by atoms with E-state index in [1.54, 1.807) is 0 Å². The van der Waals surface area contributed by atoms with E-state index in [2.05, 4.69) is 0 Å². The molecule has 52 heteroatoms. The van der Waals surface area contributed by atoms with Crippen molar-refractivity contribution < 1.29 is 174 Å². The molecule has 0 heterocycles. The maximum absolute atomic E-state index is 8.74. The molecular weight excluding hydrogens is 1050 g/mol. The van der Waals surface area contributed by atoms with Crippen LogP contribution in [0.1, 0.15) is 22.3 Å². The summed E-state index contributed by atoms with van der Waals surface area (Å²) in [7, 11) is -9.58. The van der Waals surface area contributed by atoms with Crippen LogP contribution in [-0.2, 0) is 20.8 Å². The summed E-state index contributed by atoms with van der Waals surface area (Å²) in [5.74, 6) is 0. The van der Waals surface area contributed by atoms with Gasteiger partial charge in [0.25, 0.3) is 0 Å². The zero-order valence-electron chi connectivity index (χ0n) is 36.2. The molecule has 0 saturated carbocycles. The van der Waals surface area contributed by atoms with Gasteiger partial charge in [0.1, 0.15) is 0 Å². The van der Waals surface area contributed by atoms with Crippen molar-refractivity contribution in [3.63, 3.8) is 0 Å². The second-order valence-electron chi connectivity index (χ2n) is 0.876. The van der Waals surface area contributed by atoms with Crippen LogP contribution in [0.15, 0.2) is 0 Å². The molecule has 269 valence electrons. The molecule has 0 aliphatic heterocycles.